The van der Waals surface area contributed by atoms with Crippen molar-refractivity contribution in [3.05, 3.63) is 32.7 Å². The lowest BCUT2D eigenvalue weighted by Gasteiger charge is -2.04. The molecule has 0 amide bonds. The van der Waals surface area contributed by atoms with Gasteiger partial charge in [-0.1, -0.05) is 34.4 Å². The predicted octanol–water partition coefficient (Wildman–Crippen LogP) is 4.40. The molecule has 2 aromatic rings. The van der Waals surface area contributed by atoms with Crippen LogP contribution in [0.25, 0.3) is 11.3 Å². The van der Waals surface area contributed by atoms with E-state index in [-0.39, 0.29) is 0 Å². The molecule has 0 fully saturated rings. The number of benzene rings is 1. The van der Waals surface area contributed by atoms with E-state index in [9.17, 15) is 0 Å². The fourth-order valence-corrected chi connectivity index (χ4v) is 2.93. The summed E-state index contributed by atoms with van der Waals surface area (Å²) in [5.74, 6) is 1.24. The molecule has 1 aromatic heterocycles. The Morgan fingerprint density at radius 2 is 2.12 bits per heavy atom. The van der Waals surface area contributed by atoms with E-state index >= 15 is 0 Å². The summed E-state index contributed by atoms with van der Waals surface area (Å²) in [5, 5.41) is 3.85. The number of nitrogen functional groups attached to an aromatic ring is 1. The number of rotatable bonds is 3. The van der Waals surface area contributed by atoms with Crippen LogP contribution < -0.4 is 5.73 Å². The monoisotopic (exact) mass is 358 g/mol. The van der Waals surface area contributed by atoms with Gasteiger partial charge in [0, 0.05) is 20.1 Å². The zero-order chi connectivity index (χ0) is 12.4. The van der Waals surface area contributed by atoms with E-state index in [1.54, 1.807) is 0 Å². The topological polar surface area (TPSA) is 52.0 Å². The number of hydrogen-bond donors (Lipinski definition) is 1. The van der Waals surface area contributed by atoms with Crippen LogP contribution in [0.15, 0.2) is 31.7 Å². The first-order chi connectivity index (χ1) is 8.13. The Morgan fingerprint density at radius 3 is 2.76 bits per heavy atom. The van der Waals surface area contributed by atoms with Gasteiger partial charge in [0.2, 0.25) is 0 Å². The third-order valence-corrected chi connectivity index (χ3v) is 3.64. The Bertz CT molecular complexity index is 537. The second kappa shape index (κ2) is 5.23. The summed E-state index contributed by atoms with van der Waals surface area (Å²) >= 11 is 6.94. The highest BCUT2D eigenvalue weighted by Crippen LogP contribution is 2.35. The van der Waals surface area contributed by atoms with Gasteiger partial charge in [-0.15, -0.1) is 0 Å². The third-order valence-electron chi connectivity index (χ3n) is 2.49. The van der Waals surface area contributed by atoms with Gasteiger partial charge in [0.05, 0.1) is 0 Å². The maximum atomic E-state index is 5.82. The second-order valence-corrected chi connectivity index (χ2v) is 5.52. The van der Waals surface area contributed by atoms with Crippen molar-refractivity contribution in [2.24, 2.45) is 0 Å². The Balaban J connectivity index is 2.52. The molecule has 2 rings (SSSR count). The van der Waals surface area contributed by atoms with E-state index in [0.29, 0.717) is 5.82 Å². The van der Waals surface area contributed by atoms with Crippen LogP contribution >= 0.6 is 31.9 Å². The molecule has 3 nitrogen and oxygen atoms in total. The van der Waals surface area contributed by atoms with E-state index in [2.05, 4.69) is 43.9 Å². The van der Waals surface area contributed by atoms with E-state index in [0.717, 1.165) is 38.7 Å². The van der Waals surface area contributed by atoms with Gasteiger partial charge in [0.25, 0.3) is 0 Å². The summed E-state index contributed by atoms with van der Waals surface area (Å²) in [6, 6.07) is 5.92. The summed E-state index contributed by atoms with van der Waals surface area (Å²) in [6.07, 6.45) is 1.87. The number of nitrogens with two attached hydrogens (primary N) is 1. The van der Waals surface area contributed by atoms with E-state index in [1.807, 2.05) is 18.2 Å². The van der Waals surface area contributed by atoms with E-state index in [4.69, 9.17) is 10.3 Å². The van der Waals surface area contributed by atoms with Gasteiger partial charge >= 0.3 is 0 Å². The molecule has 0 unspecified atom stereocenters. The number of aromatic nitrogens is 1. The van der Waals surface area contributed by atoms with Gasteiger partial charge in [-0.25, -0.2) is 0 Å². The van der Waals surface area contributed by atoms with Gasteiger partial charge in [-0.3, -0.25) is 0 Å². The van der Waals surface area contributed by atoms with Crippen LogP contribution in [0.4, 0.5) is 5.82 Å². The van der Waals surface area contributed by atoms with Crippen LogP contribution in [-0.4, -0.2) is 5.16 Å². The van der Waals surface area contributed by atoms with Crippen molar-refractivity contribution in [1.29, 1.82) is 0 Å². The van der Waals surface area contributed by atoms with Gasteiger partial charge in [0.15, 0.2) is 11.6 Å². The molecule has 0 aliphatic rings. The van der Waals surface area contributed by atoms with E-state index in [1.165, 1.54) is 0 Å². The van der Waals surface area contributed by atoms with Crippen molar-refractivity contribution in [3.8, 4) is 11.3 Å². The van der Waals surface area contributed by atoms with Crippen molar-refractivity contribution < 1.29 is 4.52 Å². The molecule has 1 heterocycles. The Hall–Kier alpha value is -0.810. The Kier molecular flexibility index (Phi) is 3.89. The number of hydrogen-bond acceptors (Lipinski definition) is 3. The summed E-state index contributed by atoms with van der Waals surface area (Å²) in [5.41, 5.74) is 7.77. The molecule has 5 heteroatoms. The van der Waals surface area contributed by atoms with Crippen molar-refractivity contribution in [1.82, 2.24) is 5.16 Å². The average Bonchev–Trinajstić information content (AvgIpc) is 2.62. The third kappa shape index (κ3) is 2.55. The fraction of sp³-hybridized carbons (Fsp3) is 0.250. The van der Waals surface area contributed by atoms with Crippen molar-refractivity contribution in [2.75, 3.05) is 5.73 Å². The summed E-state index contributed by atoms with van der Waals surface area (Å²) in [6.45, 7) is 2.10. The minimum Gasteiger partial charge on any atom is -0.381 e. The van der Waals surface area contributed by atoms with Crippen molar-refractivity contribution >= 4 is 37.7 Å². The molecular weight excluding hydrogens is 348 g/mol. The Morgan fingerprint density at radius 1 is 1.35 bits per heavy atom. The van der Waals surface area contributed by atoms with Gasteiger partial charge < -0.3 is 10.3 Å². The minimum absolute atomic E-state index is 0.483. The van der Waals surface area contributed by atoms with Crippen LogP contribution in [0.3, 0.4) is 0 Å². The largest absolute Gasteiger partial charge is 0.381 e. The quantitative estimate of drug-likeness (QED) is 0.883. The SMILES string of the molecule is CCCc1c(N)noc1-c1ccc(Br)cc1Br. The first-order valence-electron chi connectivity index (χ1n) is 5.33. The lowest BCUT2D eigenvalue weighted by atomic mass is 10.1. The van der Waals surface area contributed by atoms with Crippen LogP contribution in [0.5, 0.6) is 0 Å². The van der Waals surface area contributed by atoms with Gasteiger partial charge in [-0.2, -0.15) is 0 Å². The molecular formula is C12H12Br2N2O. The molecule has 0 atom stereocenters. The molecule has 0 aliphatic heterocycles. The lowest BCUT2D eigenvalue weighted by molar-refractivity contribution is 0.434. The van der Waals surface area contributed by atoms with Crippen molar-refractivity contribution in [3.63, 3.8) is 0 Å². The highest BCUT2D eigenvalue weighted by Gasteiger charge is 2.17. The molecule has 2 N–H and O–H groups in total. The lowest BCUT2D eigenvalue weighted by Crippen LogP contribution is -1.93. The first-order valence-corrected chi connectivity index (χ1v) is 6.91. The van der Waals surface area contributed by atoms with Crippen molar-refractivity contribution in [2.45, 2.75) is 19.8 Å². The number of nitrogens with zero attached hydrogens (tertiary/aromatic N) is 1. The molecule has 0 radical (unpaired) electrons. The predicted molar refractivity (Wildman–Crippen MR) is 75.7 cm³/mol. The first kappa shape index (κ1) is 12.6. The summed E-state index contributed by atoms with van der Waals surface area (Å²) in [4.78, 5) is 0. The molecule has 0 aliphatic carbocycles. The van der Waals surface area contributed by atoms with Crippen LogP contribution in [0.1, 0.15) is 18.9 Å². The maximum absolute atomic E-state index is 5.82. The Labute approximate surface area is 117 Å². The smallest absolute Gasteiger partial charge is 0.173 e. The highest BCUT2D eigenvalue weighted by atomic mass is 79.9. The molecule has 0 spiro atoms. The number of anilines is 1. The zero-order valence-corrected chi connectivity index (χ0v) is 12.5. The van der Waals surface area contributed by atoms with Gasteiger partial charge in [-0.05, 0) is 40.5 Å². The molecule has 1 aromatic carbocycles. The normalized spacial score (nSPS) is 10.8. The fourth-order valence-electron chi connectivity index (χ4n) is 1.70. The molecule has 0 saturated carbocycles. The molecule has 0 bridgehead atoms. The molecule has 17 heavy (non-hydrogen) atoms. The molecule has 0 saturated heterocycles. The van der Waals surface area contributed by atoms with E-state index < -0.39 is 0 Å². The average molecular weight is 360 g/mol. The standard InChI is InChI=1S/C12H12Br2N2O/c1-2-3-9-11(17-16-12(9)15)8-5-4-7(13)6-10(8)14/h4-6H,2-3H2,1H3,(H2,15,16). The number of halogens is 2. The minimum atomic E-state index is 0.483. The summed E-state index contributed by atoms with van der Waals surface area (Å²) in [7, 11) is 0. The van der Waals surface area contributed by atoms with Crippen LogP contribution in [0.2, 0.25) is 0 Å². The van der Waals surface area contributed by atoms with Crippen LogP contribution in [0, 0.1) is 0 Å². The second-order valence-electron chi connectivity index (χ2n) is 3.75. The molecule has 90 valence electrons. The van der Waals surface area contributed by atoms with Crippen LogP contribution in [-0.2, 0) is 6.42 Å². The van der Waals surface area contributed by atoms with Gasteiger partial charge in [0.1, 0.15) is 0 Å². The zero-order valence-electron chi connectivity index (χ0n) is 9.34. The maximum Gasteiger partial charge on any atom is 0.173 e. The highest BCUT2D eigenvalue weighted by molar-refractivity contribution is 9.11. The summed E-state index contributed by atoms with van der Waals surface area (Å²) < 4.78 is 7.30.